The number of nitrogens with zero attached hydrogens (tertiary/aromatic N) is 1. The number of unbranched alkanes of at least 4 members (excludes halogenated alkanes) is 12. The molecule has 0 fully saturated rings. The number of aliphatic hydroxyl groups is 1. The van der Waals surface area contributed by atoms with Crippen LogP contribution in [0.15, 0.2) is 60.7 Å². The Hall–Kier alpha value is -2.17. The van der Waals surface area contributed by atoms with Crippen molar-refractivity contribution in [2.24, 2.45) is 0 Å². The van der Waals surface area contributed by atoms with E-state index in [0.717, 1.165) is 0 Å². The molecule has 2 aromatic carbocycles. The minimum atomic E-state index is -2.11. The third kappa shape index (κ3) is 14.3. The number of hydrogen-bond acceptors (Lipinski definition) is 3. The Labute approximate surface area is 259 Å². The van der Waals surface area contributed by atoms with Crippen molar-refractivity contribution in [2.75, 3.05) is 26.2 Å². The molecule has 0 heterocycles. The Morgan fingerprint density at radius 1 is 0.548 bits per heavy atom. The molecule has 42 heavy (non-hydrogen) atoms. The fourth-order valence-corrected chi connectivity index (χ4v) is 5.93. The number of aliphatic carboxylic acids is 1. The maximum absolute atomic E-state index is 11.3. The number of carboxylic acid groups (broad SMARTS) is 1. The molecule has 0 atom stereocenters. The average molecular weight is 582 g/mol. The van der Waals surface area contributed by atoms with Crippen molar-refractivity contribution in [1.29, 1.82) is 0 Å². The normalized spacial score (nSPS) is 11.6. The molecule has 0 saturated carbocycles. The van der Waals surface area contributed by atoms with Crippen molar-refractivity contribution < 1.29 is 19.5 Å². The van der Waals surface area contributed by atoms with Gasteiger partial charge in [0.2, 0.25) is 0 Å². The molecule has 4 heteroatoms. The summed E-state index contributed by atoms with van der Waals surface area (Å²) in [4.78, 5) is 11.3. The molecule has 1 N–H and O–H groups in total. The van der Waals surface area contributed by atoms with Crippen LogP contribution in [-0.2, 0) is 10.4 Å². The second kappa shape index (κ2) is 23.3. The van der Waals surface area contributed by atoms with Crippen LogP contribution in [0.3, 0.4) is 0 Å². The van der Waals surface area contributed by atoms with Crippen LogP contribution in [0.25, 0.3) is 0 Å². The van der Waals surface area contributed by atoms with E-state index in [1.165, 1.54) is 133 Å². The first-order chi connectivity index (χ1) is 20.4. The third-order valence-electron chi connectivity index (χ3n) is 8.62. The van der Waals surface area contributed by atoms with Gasteiger partial charge in [-0.15, -0.1) is 0 Å². The Kier molecular flexibility index (Phi) is 21.0. The first kappa shape index (κ1) is 37.9. The van der Waals surface area contributed by atoms with Gasteiger partial charge in [-0.3, -0.25) is 0 Å². The highest BCUT2D eigenvalue weighted by atomic mass is 16.4. The molecule has 2 aromatic rings. The summed E-state index contributed by atoms with van der Waals surface area (Å²) in [6, 6.07) is 16.4. The number of hydrogen-bond donors (Lipinski definition) is 1. The van der Waals surface area contributed by atoms with Crippen LogP contribution < -0.4 is 5.11 Å². The molecule has 0 unspecified atom stereocenters. The van der Waals surface area contributed by atoms with Gasteiger partial charge in [0.15, 0.2) is 5.60 Å². The van der Waals surface area contributed by atoms with E-state index >= 15 is 0 Å². The van der Waals surface area contributed by atoms with Crippen molar-refractivity contribution >= 4 is 5.97 Å². The van der Waals surface area contributed by atoms with Crippen LogP contribution in [0.2, 0.25) is 0 Å². The molecule has 2 rings (SSSR count). The Morgan fingerprint density at radius 2 is 0.833 bits per heavy atom. The zero-order valence-corrected chi connectivity index (χ0v) is 27.6. The van der Waals surface area contributed by atoms with Gasteiger partial charge in [-0.05, 0) is 62.5 Å². The smallest absolute Gasteiger partial charge is 0.154 e. The predicted octanol–water partition coefficient (Wildman–Crippen LogP) is 8.80. The lowest BCUT2D eigenvalue weighted by atomic mass is 9.86. The van der Waals surface area contributed by atoms with Gasteiger partial charge < -0.3 is 19.5 Å². The van der Waals surface area contributed by atoms with Crippen molar-refractivity contribution in [3.63, 3.8) is 0 Å². The highest BCUT2D eigenvalue weighted by molar-refractivity contribution is 5.81. The van der Waals surface area contributed by atoms with E-state index in [2.05, 4.69) is 27.7 Å². The van der Waals surface area contributed by atoms with Gasteiger partial charge >= 0.3 is 0 Å². The maximum Gasteiger partial charge on any atom is 0.154 e. The number of rotatable bonds is 23. The minimum absolute atomic E-state index is 0.284. The molecular formula is C38H63NO3. The summed E-state index contributed by atoms with van der Waals surface area (Å²) >= 11 is 0. The van der Waals surface area contributed by atoms with Crippen molar-refractivity contribution in [2.45, 2.75) is 136 Å². The first-order valence-corrected chi connectivity index (χ1v) is 17.3. The molecule has 0 aliphatic carbocycles. The van der Waals surface area contributed by atoms with Gasteiger partial charge in [0.05, 0.1) is 32.1 Å². The standard InChI is InChI=1S/C24H52N.C14H12O3/c1-5-9-13-17-21-25(22-18-14-10-6-2,23-19-15-11-7-3)24-20-16-12-8-4;15-13(16)14(17,11-7-3-1-4-8-11)12-9-5-2-6-10-12/h5-24H2,1-4H3;1-10,17H,(H,15,16)/q+1;/p-1. The quantitative estimate of drug-likeness (QED) is 0.105. The molecule has 0 saturated heterocycles. The lowest BCUT2D eigenvalue weighted by Crippen LogP contribution is -2.50. The average Bonchev–Trinajstić information content (AvgIpc) is 3.02. The Morgan fingerprint density at radius 3 is 1.07 bits per heavy atom. The fraction of sp³-hybridized carbons (Fsp3) is 0.658. The van der Waals surface area contributed by atoms with Gasteiger partial charge in [0.1, 0.15) is 0 Å². The molecule has 0 radical (unpaired) electrons. The third-order valence-corrected chi connectivity index (χ3v) is 8.62. The summed E-state index contributed by atoms with van der Waals surface area (Å²) in [5, 5.41) is 21.6. The van der Waals surface area contributed by atoms with Crippen LogP contribution in [-0.4, -0.2) is 41.7 Å². The number of carbonyl (C=O) groups excluding carboxylic acids is 1. The molecule has 0 aliphatic rings. The molecule has 0 aromatic heterocycles. The molecule has 0 bridgehead atoms. The van der Waals surface area contributed by atoms with E-state index in [-0.39, 0.29) is 11.1 Å². The summed E-state index contributed by atoms with van der Waals surface area (Å²) < 4.78 is 1.46. The molecule has 0 amide bonds. The largest absolute Gasteiger partial charge is 0.546 e. The van der Waals surface area contributed by atoms with E-state index in [1.807, 2.05) is 0 Å². The highest BCUT2D eigenvalue weighted by Crippen LogP contribution is 2.28. The van der Waals surface area contributed by atoms with Gasteiger partial charge in [0, 0.05) is 0 Å². The zero-order chi connectivity index (χ0) is 30.9. The van der Waals surface area contributed by atoms with Gasteiger partial charge in [-0.2, -0.15) is 0 Å². The zero-order valence-electron chi connectivity index (χ0n) is 27.6. The number of carboxylic acids is 1. The van der Waals surface area contributed by atoms with Crippen molar-refractivity contribution in [1.82, 2.24) is 0 Å². The lowest BCUT2D eigenvalue weighted by molar-refractivity contribution is -0.929. The van der Waals surface area contributed by atoms with E-state index in [0.29, 0.717) is 0 Å². The highest BCUT2D eigenvalue weighted by Gasteiger charge is 2.33. The predicted molar refractivity (Wildman–Crippen MR) is 177 cm³/mol. The second-order valence-electron chi connectivity index (χ2n) is 12.2. The minimum Gasteiger partial charge on any atom is -0.546 e. The Bertz CT molecular complexity index is 806. The van der Waals surface area contributed by atoms with E-state index < -0.39 is 11.6 Å². The van der Waals surface area contributed by atoms with Crippen molar-refractivity contribution in [3.05, 3.63) is 71.8 Å². The summed E-state index contributed by atoms with van der Waals surface area (Å²) in [6.45, 7) is 15.2. The number of quaternary nitrogens is 1. The first-order valence-electron chi connectivity index (χ1n) is 17.3. The molecule has 238 valence electrons. The van der Waals surface area contributed by atoms with Crippen LogP contribution >= 0.6 is 0 Å². The molecule has 0 spiro atoms. The van der Waals surface area contributed by atoms with E-state index in [9.17, 15) is 15.0 Å². The van der Waals surface area contributed by atoms with E-state index in [1.54, 1.807) is 60.7 Å². The van der Waals surface area contributed by atoms with Crippen LogP contribution in [0, 0.1) is 0 Å². The molecular weight excluding hydrogens is 518 g/mol. The summed E-state index contributed by atoms with van der Waals surface area (Å²) in [5.74, 6) is -1.53. The van der Waals surface area contributed by atoms with Gasteiger partial charge in [0.25, 0.3) is 0 Å². The van der Waals surface area contributed by atoms with Crippen LogP contribution in [0.4, 0.5) is 0 Å². The number of benzene rings is 2. The maximum atomic E-state index is 11.3. The summed E-state index contributed by atoms with van der Waals surface area (Å²) in [7, 11) is 0. The van der Waals surface area contributed by atoms with E-state index in [4.69, 9.17) is 0 Å². The fourth-order valence-electron chi connectivity index (χ4n) is 5.93. The van der Waals surface area contributed by atoms with Gasteiger partial charge in [-0.1, -0.05) is 140 Å². The van der Waals surface area contributed by atoms with Crippen LogP contribution in [0.5, 0.6) is 0 Å². The molecule has 4 nitrogen and oxygen atoms in total. The second-order valence-corrected chi connectivity index (χ2v) is 12.2. The monoisotopic (exact) mass is 581 g/mol. The lowest BCUT2D eigenvalue weighted by Gasteiger charge is -2.39. The Balaban J connectivity index is 0.000000448. The van der Waals surface area contributed by atoms with Crippen molar-refractivity contribution in [3.8, 4) is 0 Å². The van der Waals surface area contributed by atoms with Crippen LogP contribution in [0.1, 0.15) is 142 Å². The SMILES string of the molecule is CCCCCC[N+](CCCCCC)(CCCCCC)CCCCCC.O=C([O-])C(O)(c1ccccc1)c1ccccc1. The number of carbonyl (C=O) groups is 1. The van der Waals surface area contributed by atoms with Gasteiger partial charge in [-0.25, -0.2) is 0 Å². The topological polar surface area (TPSA) is 60.4 Å². The summed E-state index contributed by atoms with van der Waals surface area (Å²) in [5.41, 5.74) is -1.54. The summed E-state index contributed by atoms with van der Waals surface area (Å²) in [6.07, 6.45) is 22.8. The molecule has 0 aliphatic heterocycles.